The number of nitrogens with one attached hydrogen (secondary N) is 2. The average molecular weight is 558 g/mol. The second-order valence-corrected chi connectivity index (χ2v) is 8.40. The highest BCUT2D eigenvalue weighted by Gasteiger charge is 2.36. The molecular weight excluding hydrogens is 537 g/mol. The third kappa shape index (κ3) is 8.70. The highest BCUT2D eigenvalue weighted by atomic mass is 19.4. The maximum Gasteiger partial charge on any atom is 0.416 e. The van der Waals surface area contributed by atoms with E-state index in [2.05, 4.69) is 10.6 Å². The van der Waals surface area contributed by atoms with Crippen molar-refractivity contribution in [1.82, 2.24) is 5.32 Å². The molecule has 2 amide bonds. The molecule has 3 aromatic carbocycles. The van der Waals surface area contributed by atoms with Crippen LogP contribution >= 0.6 is 0 Å². The number of carbonyl (C=O) groups is 2. The molecule has 0 spiro atoms. The Balaban J connectivity index is 1.72. The maximum atomic E-state index is 13.4. The number of halogens is 7. The van der Waals surface area contributed by atoms with E-state index in [4.69, 9.17) is 9.84 Å². The molecule has 0 radical (unpaired) electrons. The van der Waals surface area contributed by atoms with Gasteiger partial charge in [-0.15, -0.1) is 0 Å². The predicted octanol–water partition coefficient (Wildman–Crippen LogP) is 6.68. The van der Waals surface area contributed by atoms with Crippen LogP contribution in [0.1, 0.15) is 38.5 Å². The molecule has 0 aliphatic carbocycles. The van der Waals surface area contributed by atoms with E-state index in [9.17, 15) is 40.3 Å². The summed E-state index contributed by atoms with van der Waals surface area (Å²) in [6, 6.07) is 11.8. The first-order valence-corrected chi connectivity index (χ1v) is 11.2. The Bertz CT molecular complexity index is 1260. The van der Waals surface area contributed by atoms with Crippen LogP contribution in [0.4, 0.5) is 41.2 Å². The highest BCUT2D eigenvalue weighted by molar-refractivity contribution is 5.95. The lowest BCUT2D eigenvalue weighted by Gasteiger charge is -2.19. The summed E-state index contributed by atoms with van der Waals surface area (Å²) in [5.41, 5.74) is -2.37. The minimum atomic E-state index is -5.00. The van der Waals surface area contributed by atoms with Crippen molar-refractivity contribution in [3.63, 3.8) is 0 Å². The van der Waals surface area contributed by atoms with Crippen molar-refractivity contribution in [3.8, 4) is 0 Å². The van der Waals surface area contributed by atoms with E-state index in [0.717, 1.165) is 12.1 Å². The van der Waals surface area contributed by atoms with Gasteiger partial charge in [0.25, 0.3) is 5.91 Å². The van der Waals surface area contributed by atoms with Crippen molar-refractivity contribution >= 4 is 17.7 Å². The average Bonchev–Trinajstić information content (AvgIpc) is 2.85. The Labute approximate surface area is 217 Å². The number of carboxylic acid groups (broad SMARTS) is 1. The second kappa shape index (κ2) is 12.2. The summed E-state index contributed by atoms with van der Waals surface area (Å²) in [7, 11) is 0. The molecule has 39 heavy (non-hydrogen) atoms. The molecule has 0 saturated carbocycles. The molecule has 0 saturated heterocycles. The van der Waals surface area contributed by atoms with Crippen molar-refractivity contribution in [1.29, 1.82) is 0 Å². The molecule has 0 aliphatic heterocycles. The lowest BCUT2D eigenvalue weighted by atomic mass is 9.99. The van der Waals surface area contributed by atoms with Crippen molar-refractivity contribution < 1.29 is 50.2 Å². The molecule has 3 N–H and O–H groups in total. The third-order valence-corrected chi connectivity index (χ3v) is 5.48. The van der Waals surface area contributed by atoms with Crippen LogP contribution in [0.25, 0.3) is 0 Å². The smallest absolute Gasteiger partial charge is 0.416 e. The number of benzene rings is 3. The molecule has 1 unspecified atom stereocenters. The molecular formula is C26H21F7N2O4. The van der Waals surface area contributed by atoms with Crippen LogP contribution in [0, 0.1) is 5.82 Å². The SMILES string of the molecule is O=C(O)Nc1ccc(C(=O)NCC(COCc2cc(C(F)(F)F)cc(C(F)(F)F)c2)c2ccc(F)cc2)cc1. The summed E-state index contributed by atoms with van der Waals surface area (Å²) in [5.74, 6) is -1.73. The summed E-state index contributed by atoms with van der Waals surface area (Å²) in [6.45, 7) is -0.891. The first-order chi connectivity index (χ1) is 18.2. The predicted molar refractivity (Wildman–Crippen MR) is 126 cm³/mol. The van der Waals surface area contributed by atoms with Gasteiger partial charge in [-0.1, -0.05) is 12.1 Å². The Morgan fingerprint density at radius 1 is 0.846 bits per heavy atom. The third-order valence-electron chi connectivity index (χ3n) is 5.48. The van der Waals surface area contributed by atoms with Gasteiger partial charge < -0.3 is 15.2 Å². The van der Waals surface area contributed by atoms with E-state index < -0.39 is 53.8 Å². The Hall–Kier alpha value is -4.13. The van der Waals surface area contributed by atoms with Crippen molar-refractivity contribution in [2.75, 3.05) is 18.5 Å². The fourth-order valence-electron chi connectivity index (χ4n) is 3.58. The van der Waals surface area contributed by atoms with Gasteiger partial charge in [-0.3, -0.25) is 10.1 Å². The maximum absolute atomic E-state index is 13.4. The highest BCUT2D eigenvalue weighted by Crippen LogP contribution is 2.36. The lowest BCUT2D eigenvalue weighted by molar-refractivity contribution is -0.143. The molecule has 0 heterocycles. The quantitative estimate of drug-likeness (QED) is 0.256. The lowest BCUT2D eigenvalue weighted by Crippen LogP contribution is -2.30. The van der Waals surface area contributed by atoms with Gasteiger partial charge in [-0.25, -0.2) is 9.18 Å². The van der Waals surface area contributed by atoms with Crippen LogP contribution in [-0.4, -0.2) is 30.3 Å². The standard InChI is InChI=1S/C26H21F7N2O4/c27-21-5-1-16(2-6-21)18(12-34-23(36)17-3-7-22(8-4-17)35-24(37)38)14-39-13-15-9-19(25(28,29)30)11-20(10-15)26(31,32)33/h1-11,18,35H,12-14H2,(H,34,36)(H,37,38). The zero-order valence-electron chi connectivity index (χ0n) is 19.9. The largest absolute Gasteiger partial charge is 0.465 e. The van der Waals surface area contributed by atoms with Crippen LogP contribution in [0.5, 0.6) is 0 Å². The summed E-state index contributed by atoms with van der Waals surface area (Å²) in [6.07, 6.45) is -11.3. The second-order valence-electron chi connectivity index (χ2n) is 8.40. The molecule has 208 valence electrons. The number of hydrogen-bond donors (Lipinski definition) is 3. The van der Waals surface area contributed by atoms with Crippen LogP contribution in [0.15, 0.2) is 66.7 Å². The van der Waals surface area contributed by atoms with E-state index in [1.54, 1.807) is 0 Å². The number of ether oxygens (including phenoxy) is 1. The van der Waals surface area contributed by atoms with Crippen LogP contribution in [0.2, 0.25) is 0 Å². The summed E-state index contributed by atoms with van der Waals surface area (Å²) in [5, 5.41) is 13.5. The number of hydrogen-bond acceptors (Lipinski definition) is 3. The number of rotatable bonds is 9. The molecule has 3 aromatic rings. The van der Waals surface area contributed by atoms with Crippen molar-refractivity contribution in [2.45, 2.75) is 24.9 Å². The van der Waals surface area contributed by atoms with E-state index in [1.165, 1.54) is 36.4 Å². The summed E-state index contributed by atoms with van der Waals surface area (Å²) < 4.78 is 97.6. The molecule has 1 atom stereocenters. The van der Waals surface area contributed by atoms with E-state index in [1.807, 2.05) is 0 Å². The zero-order chi connectivity index (χ0) is 28.8. The van der Waals surface area contributed by atoms with Crippen LogP contribution in [-0.2, 0) is 23.7 Å². The summed E-state index contributed by atoms with van der Waals surface area (Å²) >= 11 is 0. The fraction of sp³-hybridized carbons (Fsp3) is 0.231. The van der Waals surface area contributed by atoms with E-state index in [0.29, 0.717) is 17.7 Å². The van der Waals surface area contributed by atoms with Gasteiger partial charge in [0.05, 0.1) is 24.3 Å². The number of carbonyl (C=O) groups excluding carboxylic acids is 1. The van der Waals surface area contributed by atoms with Gasteiger partial charge in [0.2, 0.25) is 0 Å². The van der Waals surface area contributed by atoms with Crippen LogP contribution < -0.4 is 10.6 Å². The molecule has 3 rings (SSSR count). The monoisotopic (exact) mass is 558 g/mol. The van der Waals surface area contributed by atoms with Gasteiger partial charge >= 0.3 is 18.4 Å². The Kier molecular flexibility index (Phi) is 9.17. The molecule has 0 aliphatic rings. The Morgan fingerprint density at radius 2 is 1.41 bits per heavy atom. The molecule has 0 aromatic heterocycles. The minimum absolute atomic E-state index is 0.0185. The molecule has 6 nitrogen and oxygen atoms in total. The van der Waals surface area contributed by atoms with Gasteiger partial charge in [0, 0.05) is 23.7 Å². The first kappa shape index (κ1) is 29.4. The van der Waals surface area contributed by atoms with Crippen molar-refractivity contribution in [3.05, 3.63) is 100 Å². The van der Waals surface area contributed by atoms with Crippen LogP contribution in [0.3, 0.4) is 0 Å². The zero-order valence-corrected chi connectivity index (χ0v) is 19.9. The molecule has 0 bridgehead atoms. The van der Waals surface area contributed by atoms with Gasteiger partial charge in [0.15, 0.2) is 0 Å². The fourth-order valence-corrected chi connectivity index (χ4v) is 3.58. The Morgan fingerprint density at radius 3 is 1.92 bits per heavy atom. The normalized spacial score (nSPS) is 12.6. The number of anilines is 1. The minimum Gasteiger partial charge on any atom is -0.465 e. The van der Waals surface area contributed by atoms with Gasteiger partial charge in [-0.2, -0.15) is 26.3 Å². The first-order valence-electron chi connectivity index (χ1n) is 11.2. The van der Waals surface area contributed by atoms with E-state index >= 15 is 0 Å². The van der Waals surface area contributed by atoms with Gasteiger partial charge in [0.1, 0.15) is 5.82 Å². The number of amides is 2. The van der Waals surface area contributed by atoms with Crippen molar-refractivity contribution in [2.24, 2.45) is 0 Å². The summed E-state index contributed by atoms with van der Waals surface area (Å²) in [4.78, 5) is 23.3. The van der Waals surface area contributed by atoms with Gasteiger partial charge in [-0.05, 0) is 65.7 Å². The molecule has 0 fully saturated rings. The molecule has 13 heteroatoms. The number of alkyl halides is 6. The topological polar surface area (TPSA) is 87.7 Å². The van der Waals surface area contributed by atoms with E-state index in [-0.39, 0.29) is 36.0 Å².